The molecule has 2 amide bonds. The average Bonchev–Trinajstić information content (AvgIpc) is 3.00. The molecule has 1 heterocycles. The van der Waals surface area contributed by atoms with Gasteiger partial charge in [-0.1, -0.05) is 38.6 Å². The van der Waals surface area contributed by atoms with Crippen molar-refractivity contribution in [2.24, 2.45) is 0 Å². The molecule has 0 saturated heterocycles. The smallest absolute Gasteiger partial charge is 0.255 e. The van der Waals surface area contributed by atoms with Crippen LogP contribution in [0.15, 0.2) is 91.6 Å². The highest BCUT2D eigenvalue weighted by molar-refractivity contribution is 6.05. The zero-order valence-corrected chi connectivity index (χ0v) is 24.2. The van der Waals surface area contributed by atoms with Crippen molar-refractivity contribution in [2.75, 3.05) is 36.1 Å². The van der Waals surface area contributed by atoms with E-state index >= 15 is 0 Å². The Kier molecular flexibility index (Phi) is 10.4. The molecule has 42 heavy (non-hydrogen) atoms. The average molecular weight is 565 g/mol. The first-order valence-electron chi connectivity index (χ1n) is 13.9. The zero-order chi connectivity index (χ0) is 29.9. The first-order valence-corrected chi connectivity index (χ1v) is 13.9. The van der Waals surface area contributed by atoms with Gasteiger partial charge in [0.25, 0.3) is 5.91 Å². The number of anilines is 4. The van der Waals surface area contributed by atoms with Gasteiger partial charge in [0.15, 0.2) is 0 Å². The van der Waals surface area contributed by atoms with E-state index in [2.05, 4.69) is 58.5 Å². The second-order valence-corrected chi connectivity index (χ2v) is 9.74. The van der Waals surface area contributed by atoms with Crippen LogP contribution in [0.25, 0.3) is 11.3 Å². The number of rotatable bonds is 13. The topological polar surface area (TPSA) is 108 Å². The second-order valence-electron chi connectivity index (χ2n) is 9.74. The molecule has 4 rings (SSSR count). The van der Waals surface area contributed by atoms with Gasteiger partial charge in [0, 0.05) is 53.1 Å². The Morgan fingerprint density at radius 1 is 0.952 bits per heavy atom. The number of nitrogens with one attached hydrogen (secondary N) is 3. The standard InChI is InChI=1S/C33H36N6O3/c1-5-17-42-29-20-27(36-32(41)24-11-13-26(14-12-24)35-31(40)6-2)19-28(21-29)37-33-34-16-15-30(38-33)25-10-8-9-23(18-25)22-39(4)7-3/h6,8-16,18-21H,2,5,7,17,22H2,1,3-4H3,(H,35,40)(H,36,41)(H,34,37,38). The number of hydrogen-bond donors (Lipinski definition) is 3. The lowest BCUT2D eigenvalue weighted by molar-refractivity contribution is -0.111. The Morgan fingerprint density at radius 2 is 1.74 bits per heavy atom. The molecule has 0 aliphatic rings. The Labute approximate surface area is 246 Å². The summed E-state index contributed by atoms with van der Waals surface area (Å²) in [5, 5.41) is 8.86. The van der Waals surface area contributed by atoms with Crippen LogP contribution < -0.4 is 20.7 Å². The van der Waals surface area contributed by atoms with Gasteiger partial charge in [-0.15, -0.1) is 0 Å². The molecule has 216 valence electrons. The monoisotopic (exact) mass is 564 g/mol. The summed E-state index contributed by atoms with van der Waals surface area (Å²) in [5.41, 5.74) is 5.23. The molecule has 0 unspecified atom stereocenters. The summed E-state index contributed by atoms with van der Waals surface area (Å²) in [6.07, 6.45) is 3.75. The molecule has 0 bridgehead atoms. The molecule has 0 radical (unpaired) electrons. The van der Waals surface area contributed by atoms with E-state index in [4.69, 9.17) is 9.72 Å². The van der Waals surface area contributed by atoms with E-state index in [1.54, 1.807) is 42.6 Å². The van der Waals surface area contributed by atoms with Gasteiger partial charge in [0.2, 0.25) is 11.9 Å². The highest BCUT2D eigenvalue weighted by atomic mass is 16.5. The first kappa shape index (κ1) is 30.0. The Morgan fingerprint density at radius 3 is 2.48 bits per heavy atom. The van der Waals surface area contributed by atoms with Crippen molar-refractivity contribution in [2.45, 2.75) is 26.8 Å². The number of aromatic nitrogens is 2. The van der Waals surface area contributed by atoms with Crippen molar-refractivity contribution in [1.29, 1.82) is 0 Å². The summed E-state index contributed by atoms with van der Waals surface area (Å²) in [6.45, 7) is 9.96. The maximum absolute atomic E-state index is 13.0. The van der Waals surface area contributed by atoms with Crippen LogP contribution in [-0.2, 0) is 11.3 Å². The summed E-state index contributed by atoms with van der Waals surface area (Å²) in [6, 6.07) is 22.2. The number of hydrogen-bond acceptors (Lipinski definition) is 7. The maximum Gasteiger partial charge on any atom is 0.255 e. The second kappa shape index (κ2) is 14.6. The van der Waals surface area contributed by atoms with Crippen LogP contribution in [0.4, 0.5) is 23.0 Å². The third-order valence-corrected chi connectivity index (χ3v) is 6.36. The van der Waals surface area contributed by atoms with Crippen LogP contribution in [0.2, 0.25) is 0 Å². The molecular weight excluding hydrogens is 528 g/mol. The van der Waals surface area contributed by atoms with E-state index in [9.17, 15) is 9.59 Å². The van der Waals surface area contributed by atoms with Gasteiger partial charge in [-0.05, 0) is 74.1 Å². The van der Waals surface area contributed by atoms with E-state index in [0.717, 1.165) is 30.8 Å². The molecular formula is C33H36N6O3. The molecule has 0 aliphatic carbocycles. The lowest BCUT2D eigenvalue weighted by atomic mass is 10.1. The number of carbonyl (C=O) groups is 2. The lowest BCUT2D eigenvalue weighted by Crippen LogP contribution is -2.16. The van der Waals surface area contributed by atoms with Crippen LogP contribution in [0.3, 0.4) is 0 Å². The Balaban J connectivity index is 1.53. The summed E-state index contributed by atoms with van der Waals surface area (Å²) >= 11 is 0. The molecule has 3 N–H and O–H groups in total. The predicted molar refractivity (Wildman–Crippen MR) is 168 cm³/mol. The summed E-state index contributed by atoms with van der Waals surface area (Å²) < 4.78 is 5.89. The van der Waals surface area contributed by atoms with Gasteiger partial charge in [0.05, 0.1) is 12.3 Å². The highest BCUT2D eigenvalue weighted by Crippen LogP contribution is 2.28. The fraction of sp³-hybridized carbons (Fsp3) is 0.212. The fourth-order valence-corrected chi connectivity index (χ4v) is 4.11. The molecule has 9 nitrogen and oxygen atoms in total. The molecule has 0 saturated carbocycles. The summed E-state index contributed by atoms with van der Waals surface area (Å²) in [5.74, 6) is 0.398. The zero-order valence-electron chi connectivity index (χ0n) is 24.2. The van der Waals surface area contributed by atoms with Gasteiger partial charge in [-0.2, -0.15) is 0 Å². The summed E-state index contributed by atoms with van der Waals surface area (Å²) in [7, 11) is 2.09. The summed E-state index contributed by atoms with van der Waals surface area (Å²) in [4.78, 5) is 35.9. The first-order chi connectivity index (χ1) is 20.4. The van der Waals surface area contributed by atoms with E-state index in [-0.39, 0.29) is 11.8 Å². The van der Waals surface area contributed by atoms with Crippen molar-refractivity contribution >= 4 is 34.8 Å². The normalized spacial score (nSPS) is 10.7. The van der Waals surface area contributed by atoms with E-state index in [1.807, 2.05) is 31.2 Å². The number of carbonyl (C=O) groups excluding carboxylic acids is 2. The quantitative estimate of drug-likeness (QED) is 0.159. The van der Waals surface area contributed by atoms with Gasteiger partial charge >= 0.3 is 0 Å². The van der Waals surface area contributed by atoms with E-state index < -0.39 is 0 Å². The molecule has 0 spiro atoms. The molecule has 4 aromatic rings. The molecule has 0 atom stereocenters. The molecule has 1 aromatic heterocycles. The predicted octanol–water partition coefficient (Wildman–Crippen LogP) is 6.50. The van der Waals surface area contributed by atoms with Gasteiger partial charge in [-0.3, -0.25) is 9.59 Å². The molecule has 0 fully saturated rings. The molecule has 0 aliphatic heterocycles. The minimum atomic E-state index is -0.320. The number of amides is 2. The molecule has 9 heteroatoms. The third kappa shape index (κ3) is 8.49. The van der Waals surface area contributed by atoms with E-state index in [0.29, 0.717) is 40.9 Å². The number of nitrogens with zero attached hydrogens (tertiary/aromatic N) is 3. The van der Waals surface area contributed by atoms with Crippen molar-refractivity contribution in [3.63, 3.8) is 0 Å². The Bertz CT molecular complexity index is 1540. The van der Waals surface area contributed by atoms with Crippen LogP contribution >= 0.6 is 0 Å². The number of benzene rings is 3. The van der Waals surface area contributed by atoms with Crippen LogP contribution in [0, 0.1) is 0 Å². The minimum absolute atomic E-state index is 0.304. The SMILES string of the molecule is C=CC(=O)Nc1ccc(C(=O)Nc2cc(Nc3nccc(-c4cccc(CN(C)CC)c4)n3)cc(OCCC)c2)cc1. The van der Waals surface area contributed by atoms with Crippen LogP contribution in [-0.4, -0.2) is 46.9 Å². The third-order valence-electron chi connectivity index (χ3n) is 6.36. The van der Waals surface area contributed by atoms with Crippen LogP contribution in [0.5, 0.6) is 5.75 Å². The minimum Gasteiger partial charge on any atom is -0.493 e. The fourth-order valence-electron chi connectivity index (χ4n) is 4.11. The van der Waals surface area contributed by atoms with Crippen molar-refractivity contribution in [1.82, 2.24) is 14.9 Å². The van der Waals surface area contributed by atoms with Gasteiger partial charge in [0.1, 0.15) is 5.75 Å². The van der Waals surface area contributed by atoms with Crippen molar-refractivity contribution in [3.8, 4) is 17.0 Å². The van der Waals surface area contributed by atoms with Gasteiger partial charge < -0.3 is 25.6 Å². The van der Waals surface area contributed by atoms with Gasteiger partial charge in [-0.25, -0.2) is 9.97 Å². The highest BCUT2D eigenvalue weighted by Gasteiger charge is 2.11. The van der Waals surface area contributed by atoms with Crippen molar-refractivity contribution in [3.05, 3.63) is 103 Å². The Hall–Kier alpha value is -5.02. The van der Waals surface area contributed by atoms with E-state index in [1.165, 1.54) is 11.6 Å². The van der Waals surface area contributed by atoms with Crippen LogP contribution in [0.1, 0.15) is 36.2 Å². The lowest BCUT2D eigenvalue weighted by Gasteiger charge is -2.15. The molecule has 3 aromatic carbocycles. The maximum atomic E-state index is 13.0. The largest absolute Gasteiger partial charge is 0.493 e. The number of ether oxygens (including phenoxy) is 1. The van der Waals surface area contributed by atoms with Crippen molar-refractivity contribution < 1.29 is 14.3 Å².